The molecule has 5 nitrogen and oxygen atoms in total. The third-order valence-electron chi connectivity index (χ3n) is 4.30. The summed E-state index contributed by atoms with van der Waals surface area (Å²) >= 11 is 3.44. The molecule has 1 unspecified atom stereocenters. The molecule has 0 saturated carbocycles. The maximum Gasteiger partial charge on any atom is 0.287 e. The molecule has 0 spiro atoms. The average Bonchev–Trinajstić information content (AvgIpc) is 3.07. The van der Waals surface area contributed by atoms with Crippen molar-refractivity contribution in [2.24, 2.45) is 0 Å². The van der Waals surface area contributed by atoms with Gasteiger partial charge in [-0.3, -0.25) is 4.79 Å². The number of nitrogens with one attached hydrogen (secondary N) is 1. The van der Waals surface area contributed by atoms with Crippen LogP contribution in [-0.4, -0.2) is 38.6 Å². The quantitative estimate of drug-likeness (QED) is 0.652. The van der Waals surface area contributed by atoms with E-state index in [-0.39, 0.29) is 11.9 Å². The zero-order chi connectivity index (χ0) is 18.7. The second-order valence-electron chi connectivity index (χ2n) is 6.20. The van der Waals surface area contributed by atoms with Gasteiger partial charge in [-0.2, -0.15) is 0 Å². The molecule has 26 heavy (non-hydrogen) atoms. The SMILES string of the molecule is COc1ccccc1C(CNC(=O)c1cc2cccc(Br)c2o1)N(C)C. The number of likely N-dealkylation sites (N-methyl/N-ethyl adjacent to an activating group) is 1. The highest BCUT2D eigenvalue weighted by Gasteiger charge is 2.20. The Morgan fingerprint density at radius 1 is 1.23 bits per heavy atom. The molecule has 0 aliphatic rings. The number of rotatable bonds is 6. The summed E-state index contributed by atoms with van der Waals surface area (Å²) in [4.78, 5) is 14.6. The zero-order valence-electron chi connectivity index (χ0n) is 15.0. The van der Waals surface area contributed by atoms with Crippen LogP contribution >= 0.6 is 15.9 Å². The molecular formula is C20H21BrN2O3. The monoisotopic (exact) mass is 416 g/mol. The van der Waals surface area contributed by atoms with Crippen molar-refractivity contribution in [2.75, 3.05) is 27.7 Å². The van der Waals surface area contributed by atoms with Crippen molar-refractivity contribution in [3.63, 3.8) is 0 Å². The van der Waals surface area contributed by atoms with Crippen molar-refractivity contribution in [2.45, 2.75) is 6.04 Å². The minimum atomic E-state index is -0.241. The number of para-hydroxylation sites is 2. The van der Waals surface area contributed by atoms with Crippen molar-refractivity contribution in [1.82, 2.24) is 10.2 Å². The number of hydrogen-bond donors (Lipinski definition) is 1. The molecule has 0 radical (unpaired) electrons. The van der Waals surface area contributed by atoms with E-state index < -0.39 is 0 Å². The second kappa shape index (κ2) is 7.93. The Morgan fingerprint density at radius 3 is 2.69 bits per heavy atom. The van der Waals surface area contributed by atoms with Crippen molar-refractivity contribution in [1.29, 1.82) is 0 Å². The Labute approximate surface area is 161 Å². The normalized spacial score (nSPS) is 12.3. The summed E-state index contributed by atoms with van der Waals surface area (Å²) in [6.07, 6.45) is 0. The smallest absolute Gasteiger partial charge is 0.287 e. The van der Waals surface area contributed by atoms with Gasteiger partial charge in [0, 0.05) is 17.5 Å². The number of hydrogen-bond acceptors (Lipinski definition) is 4. The van der Waals surface area contributed by atoms with Crippen LogP contribution in [0.25, 0.3) is 11.0 Å². The van der Waals surface area contributed by atoms with Gasteiger partial charge in [0.05, 0.1) is 17.6 Å². The molecule has 3 aromatic rings. The van der Waals surface area contributed by atoms with Crippen LogP contribution in [0.1, 0.15) is 22.2 Å². The van der Waals surface area contributed by atoms with Gasteiger partial charge in [-0.1, -0.05) is 30.3 Å². The molecule has 3 rings (SSSR count). The first-order chi connectivity index (χ1) is 12.5. The first-order valence-corrected chi connectivity index (χ1v) is 9.06. The van der Waals surface area contributed by atoms with Crippen LogP contribution in [-0.2, 0) is 0 Å². The minimum Gasteiger partial charge on any atom is -0.496 e. The number of methoxy groups -OCH3 is 1. The van der Waals surface area contributed by atoms with Gasteiger partial charge < -0.3 is 19.4 Å². The average molecular weight is 417 g/mol. The molecule has 0 aliphatic heterocycles. The number of carbonyl (C=O) groups is 1. The number of ether oxygens (including phenoxy) is 1. The highest BCUT2D eigenvalue weighted by atomic mass is 79.9. The summed E-state index contributed by atoms with van der Waals surface area (Å²) in [5.74, 6) is 0.854. The highest BCUT2D eigenvalue weighted by molar-refractivity contribution is 9.10. The molecule has 1 atom stereocenters. The lowest BCUT2D eigenvalue weighted by Gasteiger charge is -2.26. The van der Waals surface area contributed by atoms with Crippen molar-refractivity contribution in [3.8, 4) is 5.75 Å². The molecule has 2 aromatic carbocycles. The van der Waals surface area contributed by atoms with Crippen LogP contribution in [0.4, 0.5) is 0 Å². The van der Waals surface area contributed by atoms with E-state index in [9.17, 15) is 4.79 Å². The zero-order valence-corrected chi connectivity index (χ0v) is 16.5. The standard InChI is InChI=1S/C20H21BrN2O3/c1-23(2)16(14-8-4-5-10-17(14)25-3)12-22-20(24)18-11-13-7-6-9-15(21)19(13)26-18/h4-11,16H,12H2,1-3H3,(H,22,24). The lowest BCUT2D eigenvalue weighted by atomic mass is 10.0. The maximum atomic E-state index is 12.6. The molecule has 0 saturated heterocycles. The predicted molar refractivity (Wildman–Crippen MR) is 106 cm³/mol. The molecule has 136 valence electrons. The fraction of sp³-hybridized carbons (Fsp3) is 0.250. The van der Waals surface area contributed by atoms with Gasteiger partial charge in [0.25, 0.3) is 5.91 Å². The summed E-state index contributed by atoms with van der Waals surface area (Å²) in [6, 6.07) is 15.3. The Bertz CT molecular complexity index is 920. The number of nitrogens with zero attached hydrogens (tertiary/aromatic N) is 1. The molecule has 1 amide bonds. The van der Waals surface area contributed by atoms with E-state index in [0.717, 1.165) is 21.2 Å². The predicted octanol–water partition coefficient (Wildman–Crippen LogP) is 4.24. The van der Waals surface area contributed by atoms with E-state index in [0.29, 0.717) is 17.9 Å². The molecule has 0 aliphatic carbocycles. The van der Waals surface area contributed by atoms with Crippen molar-refractivity contribution >= 4 is 32.8 Å². The van der Waals surface area contributed by atoms with Crippen LogP contribution < -0.4 is 10.1 Å². The molecule has 0 fully saturated rings. The van der Waals surface area contributed by atoms with Crippen molar-refractivity contribution < 1.29 is 13.9 Å². The Balaban J connectivity index is 1.78. The molecule has 1 N–H and O–H groups in total. The first-order valence-electron chi connectivity index (χ1n) is 8.27. The second-order valence-corrected chi connectivity index (χ2v) is 7.05. The first kappa shape index (κ1) is 18.5. The summed E-state index contributed by atoms with van der Waals surface area (Å²) in [6.45, 7) is 0.435. The third kappa shape index (κ3) is 3.76. The summed E-state index contributed by atoms with van der Waals surface area (Å²) in [5, 5.41) is 3.85. The fourth-order valence-electron chi connectivity index (χ4n) is 2.93. The number of halogens is 1. The largest absolute Gasteiger partial charge is 0.496 e. The number of benzene rings is 2. The van der Waals surface area contributed by atoms with E-state index >= 15 is 0 Å². The van der Waals surface area contributed by atoms with E-state index in [2.05, 4.69) is 21.2 Å². The van der Waals surface area contributed by atoms with Crippen LogP contribution in [0.3, 0.4) is 0 Å². The lowest BCUT2D eigenvalue weighted by Crippen LogP contribution is -2.34. The molecule has 6 heteroatoms. The van der Waals surface area contributed by atoms with Gasteiger partial charge in [-0.05, 0) is 48.2 Å². The van der Waals surface area contributed by atoms with E-state index in [1.54, 1.807) is 13.2 Å². The summed E-state index contributed by atoms with van der Waals surface area (Å²) < 4.78 is 12.0. The number of furan rings is 1. The molecular weight excluding hydrogens is 396 g/mol. The van der Waals surface area contributed by atoms with Crippen LogP contribution in [0.15, 0.2) is 57.4 Å². The van der Waals surface area contributed by atoms with Crippen LogP contribution in [0.5, 0.6) is 5.75 Å². The van der Waals surface area contributed by atoms with Crippen LogP contribution in [0, 0.1) is 0 Å². The van der Waals surface area contributed by atoms with Crippen molar-refractivity contribution in [3.05, 3.63) is 64.3 Å². The van der Waals surface area contributed by atoms with E-state index in [1.165, 1.54) is 0 Å². The van der Waals surface area contributed by atoms with Gasteiger partial charge in [-0.25, -0.2) is 0 Å². The van der Waals surface area contributed by atoms with Gasteiger partial charge >= 0.3 is 0 Å². The Morgan fingerprint density at radius 2 is 2.00 bits per heavy atom. The summed E-state index contributed by atoms with van der Waals surface area (Å²) in [5.41, 5.74) is 1.69. The van der Waals surface area contributed by atoms with E-state index in [1.807, 2.05) is 61.5 Å². The molecule has 1 aromatic heterocycles. The van der Waals surface area contributed by atoms with E-state index in [4.69, 9.17) is 9.15 Å². The lowest BCUT2D eigenvalue weighted by molar-refractivity contribution is 0.0916. The van der Waals surface area contributed by atoms with Crippen LogP contribution in [0.2, 0.25) is 0 Å². The topological polar surface area (TPSA) is 54.7 Å². The molecule has 1 heterocycles. The number of amides is 1. The third-order valence-corrected chi connectivity index (χ3v) is 4.92. The number of carbonyl (C=O) groups excluding carboxylic acids is 1. The fourth-order valence-corrected chi connectivity index (χ4v) is 3.39. The minimum absolute atomic E-state index is 0.0220. The van der Waals surface area contributed by atoms with Gasteiger partial charge in [0.15, 0.2) is 5.76 Å². The Kier molecular flexibility index (Phi) is 5.64. The molecule has 0 bridgehead atoms. The van der Waals surface area contributed by atoms with Gasteiger partial charge in [0.1, 0.15) is 11.3 Å². The Hall–Kier alpha value is -2.31. The highest BCUT2D eigenvalue weighted by Crippen LogP contribution is 2.29. The van der Waals surface area contributed by atoms with Gasteiger partial charge in [-0.15, -0.1) is 0 Å². The van der Waals surface area contributed by atoms with Gasteiger partial charge in [0.2, 0.25) is 0 Å². The summed E-state index contributed by atoms with van der Waals surface area (Å²) in [7, 11) is 5.60. The number of fused-ring (bicyclic) bond motifs is 1. The maximum absolute atomic E-state index is 12.6.